The van der Waals surface area contributed by atoms with Gasteiger partial charge in [-0.25, -0.2) is 4.98 Å². The summed E-state index contributed by atoms with van der Waals surface area (Å²) in [7, 11) is 0. The molecule has 2 aromatic rings. The summed E-state index contributed by atoms with van der Waals surface area (Å²) in [4.78, 5) is 4.02. The lowest BCUT2D eigenvalue weighted by molar-refractivity contribution is 0.298. The van der Waals surface area contributed by atoms with Gasteiger partial charge in [0.2, 0.25) is 0 Å². The van der Waals surface area contributed by atoms with Crippen molar-refractivity contribution in [1.29, 1.82) is 0 Å². The summed E-state index contributed by atoms with van der Waals surface area (Å²) in [6, 6.07) is 4.26. The quantitative estimate of drug-likeness (QED) is 0.755. The van der Waals surface area contributed by atoms with Gasteiger partial charge in [-0.1, -0.05) is 12.1 Å². The van der Waals surface area contributed by atoms with Crippen LogP contribution in [0.5, 0.6) is 5.75 Å². The van der Waals surface area contributed by atoms with Crippen LogP contribution in [0.1, 0.15) is 23.1 Å². The molecule has 0 radical (unpaired) electrons. The first kappa shape index (κ1) is 12.7. The maximum atomic E-state index is 5.91. The lowest BCUT2D eigenvalue weighted by Crippen LogP contribution is -2.05. The van der Waals surface area contributed by atoms with Crippen LogP contribution in [0.25, 0.3) is 0 Å². The van der Waals surface area contributed by atoms with E-state index in [2.05, 4.69) is 42.5 Å². The molecule has 1 aromatic carbocycles. The minimum Gasteiger partial charge on any atom is -0.493 e. The van der Waals surface area contributed by atoms with Crippen molar-refractivity contribution in [2.45, 2.75) is 33.7 Å². The fourth-order valence-corrected chi connectivity index (χ4v) is 1.99. The average Bonchev–Trinajstić information content (AvgIpc) is 2.86. The SMILES string of the molecule is Cc1ccc(C)c(OCCCn2ccnc2)c1C. The first-order valence-electron chi connectivity index (χ1n) is 6.34. The molecule has 0 aliphatic heterocycles. The van der Waals surface area contributed by atoms with Gasteiger partial charge in [0, 0.05) is 18.9 Å². The maximum absolute atomic E-state index is 5.91. The van der Waals surface area contributed by atoms with E-state index in [0.717, 1.165) is 25.3 Å². The van der Waals surface area contributed by atoms with E-state index in [1.54, 1.807) is 6.20 Å². The molecule has 0 N–H and O–H groups in total. The number of nitrogens with zero attached hydrogens (tertiary/aromatic N) is 2. The highest BCUT2D eigenvalue weighted by Gasteiger charge is 2.05. The second-order valence-corrected chi connectivity index (χ2v) is 4.66. The zero-order valence-corrected chi connectivity index (χ0v) is 11.3. The first-order valence-corrected chi connectivity index (χ1v) is 6.34. The van der Waals surface area contributed by atoms with Crippen LogP contribution in [0, 0.1) is 20.8 Å². The van der Waals surface area contributed by atoms with Gasteiger partial charge in [0.1, 0.15) is 5.75 Å². The van der Waals surface area contributed by atoms with Gasteiger partial charge >= 0.3 is 0 Å². The standard InChI is InChI=1S/C15H20N2O/c1-12-5-6-13(2)15(14(12)3)18-10-4-8-17-9-7-16-11-17/h5-7,9,11H,4,8,10H2,1-3H3. The predicted octanol–water partition coefficient (Wildman–Crippen LogP) is 3.28. The molecule has 0 aliphatic rings. The van der Waals surface area contributed by atoms with Gasteiger partial charge in [0.15, 0.2) is 0 Å². The third-order valence-electron chi connectivity index (χ3n) is 3.24. The second-order valence-electron chi connectivity index (χ2n) is 4.66. The van der Waals surface area contributed by atoms with Crippen molar-refractivity contribution in [3.8, 4) is 5.75 Å². The largest absolute Gasteiger partial charge is 0.493 e. The summed E-state index contributed by atoms with van der Waals surface area (Å²) >= 11 is 0. The molecule has 1 aromatic heterocycles. The fraction of sp³-hybridized carbons (Fsp3) is 0.400. The molecular weight excluding hydrogens is 224 g/mol. The molecule has 3 heteroatoms. The van der Waals surface area contributed by atoms with E-state index < -0.39 is 0 Å². The zero-order valence-electron chi connectivity index (χ0n) is 11.3. The molecule has 1 heterocycles. The number of aryl methyl sites for hydroxylation is 3. The van der Waals surface area contributed by atoms with Gasteiger partial charge in [0.25, 0.3) is 0 Å². The number of benzene rings is 1. The highest BCUT2D eigenvalue weighted by atomic mass is 16.5. The Morgan fingerprint density at radius 3 is 2.67 bits per heavy atom. The molecular formula is C15H20N2O. The van der Waals surface area contributed by atoms with E-state index in [1.807, 2.05) is 12.5 Å². The molecule has 0 aliphatic carbocycles. The Labute approximate surface area is 108 Å². The molecule has 0 saturated heterocycles. The minimum absolute atomic E-state index is 0.739. The van der Waals surface area contributed by atoms with E-state index in [0.29, 0.717) is 0 Å². The second kappa shape index (κ2) is 5.71. The van der Waals surface area contributed by atoms with Crippen LogP contribution in [-0.4, -0.2) is 16.2 Å². The number of imidazole rings is 1. The molecule has 0 saturated carbocycles. The molecule has 0 unspecified atom stereocenters. The Bertz CT molecular complexity index is 503. The maximum Gasteiger partial charge on any atom is 0.125 e. The van der Waals surface area contributed by atoms with Crippen LogP contribution in [0.2, 0.25) is 0 Å². The summed E-state index contributed by atoms with van der Waals surface area (Å²) in [5.74, 6) is 1.04. The Morgan fingerprint density at radius 2 is 1.94 bits per heavy atom. The van der Waals surface area contributed by atoms with Crippen LogP contribution in [0.3, 0.4) is 0 Å². The number of ether oxygens (including phenoxy) is 1. The Kier molecular flexibility index (Phi) is 4.03. The van der Waals surface area contributed by atoms with Gasteiger partial charge in [-0.15, -0.1) is 0 Å². The van der Waals surface area contributed by atoms with Crippen molar-refractivity contribution in [3.05, 3.63) is 47.5 Å². The number of aromatic nitrogens is 2. The van der Waals surface area contributed by atoms with Crippen molar-refractivity contribution in [3.63, 3.8) is 0 Å². The molecule has 0 amide bonds. The number of hydrogen-bond acceptors (Lipinski definition) is 2. The summed E-state index contributed by atoms with van der Waals surface area (Å²) in [6.45, 7) is 8.02. The molecule has 0 fully saturated rings. The smallest absolute Gasteiger partial charge is 0.125 e. The van der Waals surface area contributed by atoms with Crippen LogP contribution in [0.4, 0.5) is 0 Å². The third kappa shape index (κ3) is 2.92. The van der Waals surface area contributed by atoms with Crippen LogP contribution in [0.15, 0.2) is 30.9 Å². The molecule has 2 rings (SSSR count). The van der Waals surface area contributed by atoms with Crippen LogP contribution >= 0.6 is 0 Å². The molecule has 3 nitrogen and oxygen atoms in total. The van der Waals surface area contributed by atoms with E-state index in [9.17, 15) is 0 Å². The highest BCUT2D eigenvalue weighted by Crippen LogP contribution is 2.25. The summed E-state index contributed by atoms with van der Waals surface area (Å²) < 4.78 is 7.98. The van der Waals surface area contributed by atoms with E-state index >= 15 is 0 Å². The van der Waals surface area contributed by atoms with Gasteiger partial charge < -0.3 is 9.30 Å². The summed E-state index contributed by atoms with van der Waals surface area (Å²) in [6.07, 6.45) is 6.60. The molecule has 18 heavy (non-hydrogen) atoms. The van der Waals surface area contributed by atoms with E-state index in [1.165, 1.54) is 16.7 Å². The zero-order chi connectivity index (χ0) is 13.0. The Balaban J connectivity index is 1.88. The van der Waals surface area contributed by atoms with Crippen LogP contribution < -0.4 is 4.74 Å². The molecule has 0 atom stereocenters. The first-order chi connectivity index (χ1) is 8.68. The van der Waals surface area contributed by atoms with Crippen molar-refractivity contribution in [2.24, 2.45) is 0 Å². The lowest BCUT2D eigenvalue weighted by atomic mass is 10.1. The van der Waals surface area contributed by atoms with E-state index in [-0.39, 0.29) is 0 Å². The normalized spacial score (nSPS) is 10.6. The number of rotatable bonds is 5. The van der Waals surface area contributed by atoms with Crippen molar-refractivity contribution in [1.82, 2.24) is 9.55 Å². The topological polar surface area (TPSA) is 27.1 Å². The highest BCUT2D eigenvalue weighted by molar-refractivity contribution is 5.44. The molecule has 96 valence electrons. The summed E-state index contributed by atoms with van der Waals surface area (Å²) in [5, 5.41) is 0. The fourth-order valence-electron chi connectivity index (χ4n) is 1.99. The minimum atomic E-state index is 0.739. The summed E-state index contributed by atoms with van der Waals surface area (Å²) in [5.41, 5.74) is 3.74. The van der Waals surface area contributed by atoms with Gasteiger partial charge in [-0.2, -0.15) is 0 Å². The molecule has 0 bridgehead atoms. The average molecular weight is 244 g/mol. The Morgan fingerprint density at radius 1 is 1.17 bits per heavy atom. The lowest BCUT2D eigenvalue weighted by Gasteiger charge is -2.14. The predicted molar refractivity (Wildman–Crippen MR) is 73.0 cm³/mol. The number of hydrogen-bond donors (Lipinski definition) is 0. The monoisotopic (exact) mass is 244 g/mol. The molecule has 0 spiro atoms. The van der Waals surface area contributed by atoms with E-state index in [4.69, 9.17) is 4.74 Å². The Hall–Kier alpha value is -1.77. The van der Waals surface area contributed by atoms with Gasteiger partial charge in [0.05, 0.1) is 12.9 Å². The third-order valence-corrected chi connectivity index (χ3v) is 3.24. The van der Waals surface area contributed by atoms with Crippen LogP contribution in [-0.2, 0) is 6.54 Å². The van der Waals surface area contributed by atoms with Gasteiger partial charge in [-0.05, 0) is 43.9 Å². The van der Waals surface area contributed by atoms with Crippen molar-refractivity contribution < 1.29 is 4.74 Å². The van der Waals surface area contributed by atoms with Crippen molar-refractivity contribution >= 4 is 0 Å². The van der Waals surface area contributed by atoms with Gasteiger partial charge in [-0.3, -0.25) is 0 Å². The van der Waals surface area contributed by atoms with Crippen molar-refractivity contribution in [2.75, 3.05) is 6.61 Å².